The maximum atomic E-state index is 12.1. The summed E-state index contributed by atoms with van der Waals surface area (Å²) in [6, 6.07) is 6.47. The molecule has 1 aromatic carbocycles. The summed E-state index contributed by atoms with van der Waals surface area (Å²) in [6.45, 7) is 0. The molecule has 0 aliphatic heterocycles. The Hall–Kier alpha value is -2.18. The lowest BCUT2D eigenvalue weighted by molar-refractivity contribution is 0.101. The molecule has 0 aliphatic carbocycles. The summed E-state index contributed by atoms with van der Waals surface area (Å²) >= 11 is 11.8. The molecule has 100 valence electrons. The number of amides is 1. The van der Waals surface area contributed by atoms with Crippen molar-refractivity contribution in [3.05, 3.63) is 52.5 Å². The second-order valence-electron chi connectivity index (χ2n) is 3.88. The first kappa shape index (κ1) is 12.8. The lowest BCUT2D eigenvalue weighted by Crippen LogP contribution is -2.14. The maximum absolute atomic E-state index is 12.1. The van der Waals surface area contributed by atoms with Crippen molar-refractivity contribution in [3.63, 3.8) is 0 Å². The Morgan fingerprint density at radius 3 is 2.95 bits per heavy atom. The average molecular weight is 308 g/mol. The van der Waals surface area contributed by atoms with E-state index >= 15 is 0 Å². The van der Waals surface area contributed by atoms with Crippen LogP contribution in [-0.2, 0) is 0 Å². The Balaban J connectivity index is 1.90. The van der Waals surface area contributed by atoms with Crippen molar-refractivity contribution in [2.75, 3.05) is 5.32 Å². The molecule has 0 aliphatic rings. The Kier molecular flexibility index (Phi) is 3.25. The van der Waals surface area contributed by atoms with Crippen LogP contribution >= 0.6 is 23.2 Å². The van der Waals surface area contributed by atoms with Gasteiger partial charge in [0.25, 0.3) is 11.7 Å². The van der Waals surface area contributed by atoms with Crippen LogP contribution in [-0.4, -0.2) is 25.5 Å². The van der Waals surface area contributed by atoms with E-state index in [0.717, 1.165) is 0 Å². The van der Waals surface area contributed by atoms with Crippen LogP contribution in [0.15, 0.2) is 36.7 Å². The molecule has 0 unspecified atom stereocenters. The molecule has 0 atom stereocenters. The number of anilines is 1. The lowest BCUT2D eigenvalue weighted by Gasteiger charge is -2.05. The summed E-state index contributed by atoms with van der Waals surface area (Å²) in [7, 11) is 0. The third-order valence-electron chi connectivity index (χ3n) is 2.50. The molecule has 0 saturated heterocycles. The van der Waals surface area contributed by atoms with Crippen molar-refractivity contribution >= 4 is 40.6 Å². The highest BCUT2D eigenvalue weighted by atomic mass is 35.5. The van der Waals surface area contributed by atoms with Crippen LogP contribution in [0.25, 0.3) is 5.78 Å². The number of carbonyl (C=O) groups excluding carboxylic acids is 1. The summed E-state index contributed by atoms with van der Waals surface area (Å²) < 4.78 is 1.41. The second-order valence-corrected chi connectivity index (χ2v) is 4.72. The van der Waals surface area contributed by atoms with E-state index in [1.807, 2.05) is 0 Å². The number of fused-ring (bicyclic) bond motifs is 1. The minimum atomic E-state index is -0.486. The van der Waals surface area contributed by atoms with E-state index in [1.54, 1.807) is 36.7 Å². The fourth-order valence-corrected chi connectivity index (χ4v) is 1.94. The molecule has 0 fully saturated rings. The summed E-state index contributed by atoms with van der Waals surface area (Å²) in [6.07, 6.45) is 3.22. The Morgan fingerprint density at radius 1 is 1.30 bits per heavy atom. The number of rotatable bonds is 2. The topological polar surface area (TPSA) is 72.2 Å². The Bertz CT molecular complexity index is 768. The molecule has 2 heterocycles. The first-order valence-electron chi connectivity index (χ1n) is 5.57. The van der Waals surface area contributed by atoms with Crippen molar-refractivity contribution in [1.29, 1.82) is 0 Å². The van der Waals surface area contributed by atoms with Crippen LogP contribution in [0.4, 0.5) is 5.69 Å². The molecule has 0 spiro atoms. The second kappa shape index (κ2) is 5.07. The van der Waals surface area contributed by atoms with Gasteiger partial charge in [0.05, 0.1) is 10.7 Å². The fourth-order valence-electron chi connectivity index (χ4n) is 1.60. The summed E-state index contributed by atoms with van der Waals surface area (Å²) in [4.78, 5) is 20.1. The zero-order valence-electron chi connectivity index (χ0n) is 9.92. The highest BCUT2D eigenvalue weighted by Gasteiger charge is 2.15. The van der Waals surface area contributed by atoms with Gasteiger partial charge in [0, 0.05) is 17.4 Å². The number of nitrogens with zero attached hydrogens (tertiary/aromatic N) is 4. The van der Waals surface area contributed by atoms with Crippen LogP contribution in [0.2, 0.25) is 10.0 Å². The number of benzene rings is 1. The number of carbonyl (C=O) groups is 1. The molecule has 0 radical (unpaired) electrons. The molecule has 1 amide bonds. The zero-order valence-corrected chi connectivity index (χ0v) is 11.4. The van der Waals surface area contributed by atoms with Crippen molar-refractivity contribution in [2.24, 2.45) is 0 Å². The van der Waals surface area contributed by atoms with Gasteiger partial charge in [-0.25, -0.2) is 9.50 Å². The highest BCUT2D eigenvalue weighted by molar-refractivity contribution is 6.35. The van der Waals surface area contributed by atoms with E-state index in [1.165, 1.54) is 4.52 Å². The molecular formula is C12H7Cl2N5O. The summed E-state index contributed by atoms with van der Waals surface area (Å²) in [5.74, 6) is -0.144. The van der Waals surface area contributed by atoms with Crippen LogP contribution in [0.5, 0.6) is 0 Å². The van der Waals surface area contributed by atoms with Crippen LogP contribution in [0.3, 0.4) is 0 Å². The van der Waals surface area contributed by atoms with Crippen molar-refractivity contribution < 1.29 is 4.79 Å². The van der Waals surface area contributed by atoms with Gasteiger partial charge >= 0.3 is 0 Å². The molecule has 6 nitrogen and oxygen atoms in total. The minimum absolute atomic E-state index is 0.000239. The molecule has 1 N–H and O–H groups in total. The zero-order chi connectivity index (χ0) is 14.1. The molecule has 8 heteroatoms. The van der Waals surface area contributed by atoms with E-state index in [2.05, 4.69) is 20.4 Å². The molecular weight excluding hydrogens is 301 g/mol. The van der Waals surface area contributed by atoms with Crippen molar-refractivity contribution in [2.45, 2.75) is 0 Å². The average Bonchev–Trinajstić information content (AvgIpc) is 2.87. The van der Waals surface area contributed by atoms with E-state index in [4.69, 9.17) is 23.2 Å². The van der Waals surface area contributed by atoms with Crippen molar-refractivity contribution in [1.82, 2.24) is 19.6 Å². The SMILES string of the molecule is O=C(Nc1cc(Cl)ccc1Cl)c1nc2ncccn2n1. The van der Waals surface area contributed by atoms with Gasteiger partial charge in [0.15, 0.2) is 0 Å². The standard InChI is InChI=1S/C12H7Cl2N5O/c13-7-2-3-8(14)9(6-7)16-11(20)10-17-12-15-4-1-5-19(12)18-10/h1-6H,(H,16,20). The van der Waals surface area contributed by atoms with Gasteiger partial charge in [0.1, 0.15) is 0 Å². The first-order chi connectivity index (χ1) is 9.63. The fraction of sp³-hybridized carbons (Fsp3) is 0. The van der Waals surface area contributed by atoms with Gasteiger partial charge in [-0.05, 0) is 24.3 Å². The Morgan fingerprint density at radius 2 is 2.15 bits per heavy atom. The lowest BCUT2D eigenvalue weighted by atomic mass is 10.3. The minimum Gasteiger partial charge on any atom is -0.318 e. The smallest absolute Gasteiger partial charge is 0.295 e. The maximum Gasteiger partial charge on any atom is 0.295 e. The normalized spacial score (nSPS) is 10.7. The summed E-state index contributed by atoms with van der Waals surface area (Å²) in [5.41, 5.74) is 0.399. The van der Waals surface area contributed by atoms with E-state index in [9.17, 15) is 4.79 Å². The van der Waals surface area contributed by atoms with Gasteiger partial charge in [-0.2, -0.15) is 4.98 Å². The molecule has 0 bridgehead atoms. The van der Waals surface area contributed by atoms with Gasteiger partial charge in [-0.15, -0.1) is 5.10 Å². The van der Waals surface area contributed by atoms with E-state index in [-0.39, 0.29) is 5.82 Å². The van der Waals surface area contributed by atoms with Gasteiger partial charge in [-0.3, -0.25) is 4.79 Å². The number of hydrogen-bond acceptors (Lipinski definition) is 4. The number of aromatic nitrogens is 4. The first-order valence-corrected chi connectivity index (χ1v) is 6.33. The number of halogens is 2. The predicted molar refractivity (Wildman–Crippen MR) is 75.2 cm³/mol. The monoisotopic (exact) mass is 307 g/mol. The number of hydrogen-bond donors (Lipinski definition) is 1. The third kappa shape index (κ3) is 2.43. The predicted octanol–water partition coefficient (Wildman–Crippen LogP) is 2.68. The van der Waals surface area contributed by atoms with Crippen LogP contribution < -0.4 is 5.32 Å². The molecule has 3 rings (SSSR count). The number of nitrogens with one attached hydrogen (secondary N) is 1. The quantitative estimate of drug-likeness (QED) is 0.790. The summed E-state index contributed by atoms with van der Waals surface area (Å²) in [5, 5.41) is 7.47. The molecule has 2 aromatic heterocycles. The third-order valence-corrected chi connectivity index (χ3v) is 3.06. The van der Waals surface area contributed by atoms with Gasteiger partial charge in [-0.1, -0.05) is 23.2 Å². The van der Waals surface area contributed by atoms with E-state index < -0.39 is 5.91 Å². The molecule has 3 aromatic rings. The largest absolute Gasteiger partial charge is 0.318 e. The van der Waals surface area contributed by atoms with Gasteiger partial charge < -0.3 is 5.32 Å². The van der Waals surface area contributed by atoms with E-state index in [0.29, 0.717) is 21.5 Å². The molecule has 20 heavy (non-hydrogen) atoms. The van der Waals surface area contributed by atoms with Gasteiger partial charge in [0.2, 0.25) is 5.82 Å². The van der Waals surface area contributed by atoms with Crippen LogP contribution in [0, 0.1) is 0 Å². The molecule has 0 saturated carbocycles. The Labute approximate surface area is 123 Å². The van der Waals surface area contributed by atoms with Crippen LogP contribution in [0.1, 0.15) is 10.6 Å². The highest BCUT2D eigenvalue weighted by Crippen LogP contribution is 2.25. The van der Waals surface area contributed by atoms with Crippen molar-refractivity contribution in [3.8, 4) is 0 Å².